The smallest absolute Gasteiger partial charge is 0.237 e. The lowest BCUT2D eigenvalue weighted by Crippen LogP contribution is -2.36. The molecule has 1 atom stereocenters. The molecule has 0 spiro atoms. The van der Waals surface area contributed by atoms with E-state index >= 15 is 0 Å². The van der Waals surface area contributed by atoms with Gasteiger partial charge in [0, 0.05) is 30.5 Å². The van der Waals surface area contributed by atoms with Crippen LogP contribution >= 0.6 is 11.8 Å². The molecular weight excluding hydrogens is 350 g/mol. The third kappa shape index (κ3) is 4.56. The summed E-state index contributed by atoms with van der Waals surface area (Å²) >= 11 is 1.41. The third-order valence-electron chi connectivity index (χ3n) is 4.26. The number of ether oxygens (including phenoxy) is 1. The Morgan fingerprint density at radius 3 is 2.54 bits per heavy atom. The molecule has 0 aliphatic carbocycles. The number of morpholine rings is 1. The van der Waals surface area contributed by atoms with E-state index in [-0.39, 0.29) is 17.2 Å². The molecule has 0 unspecified atom stereocenters. The van der Waals surface area contributed by atoms with Crippen LogP contribution < -0.4 is 10.2 Å². The van der Waals surface area contributed by atoms with Gasteiger partial charge >= 0.3 is 0 Å². The Labute approximate surface area is 158 Å². The Bertz CT molecular complexity index is 725. The van der Waals surface area contributed by atoms with Crippen LogP contribution in [0.4, 0.5) is 11.4 Å². The summed E-state index contributed by atoms with van der Waals surface area (Å²) < 4.78 is 7.34. The average Bonchev–Trinajstić information content (AvgIpc) is 3.11. The number of rotatable bonds is 6. The second-order valence-corrected chi connectivity index (χ2v) is 7.82. The maximum Gasteiger partial charge on any atom is 0.237 e. The molecule has 1 N–H and O–H groups in total. The van der Waals surface area contributed by atoms with Gasteiger partial charge < -0.3 is 19.5 Å². The lowest BCUT2D eigenvalue weighted by atomic mass is 10.2. The first-order valence-corrected chi connectivity index (χ1v) is 9.72. The maximum atomic E-state index is 12.5. The summed E-state index contributed by atoms with van der Waals surface area (Å²) in [7, 11) is 0. The predicted octanol–water partition coefficient (Wildman–Crippen LogP) is 2.81. The van der Waals surface area contributed by atoms with Crippen LogP contribution in [0.3, 0.4) is 0 Å². The number of anilines is 2. The summed E-state index contributed by atoms with van der Waals surface area (Å²) in [4.78, 5) is 14.8. The molecular formula is C18H25N5O2S. The van der Waals surface area contributed by atoms with Crippen LogP contribution in [0.25, 0.3) is 0 Å². The molecule has 1 aliphatic heterocycles. The van der Waals surface area contributed by atoms with Gasteiger partial charge in [0.1, 0.15) is 6.33 Å². The summed E-state index contributed by atoms with van der Waals surface area (Å²) in [6.07, 6.45) is 1.70. The second-order valence-electron chi connectivity index (χ2n) is 6.51. The highest BCUT2D eigenvalue weighted by Crippen LogP contribution is 2.25. The highest BCUT2D eigenvalue weighted by atomic mass is 32.2. The van der Waals surface area contributed by atoms with Crippen molar-refractivity contribution in [1.29, 1.82) is 0 Å². The van der Waals surface area contributed by atoms with Crippen molar-refractivity contribution in [3.05, 3.63) is 30.6 Å². The molecule has 0 radical (unpaired) electrons. The van der Waals surface area contributed by atoms with Crippen molar-refractivity contribution >= 4 is 29.0 Å². The average molecular weight is 375 g/mol. The first-order valence-electron chi connectivity index (χ1n) is 8.84. The van der Waals surface area contributed by atoms with Gasteiger partial charge in [0.05, 0.1) is 18.5 Å². The summed E-state index contributed by atoms with van der Waals surface area (Å²) in [5.74, 6) is -0.0487. The zero-order valence-corrected chi connectivity index (χ0v) is 16.2. The van der Waals surface area contributed by atoms with Gasteiger partial charge in [0.2, 0.25) is 5.91 Å². The fourth-order valence-electron chi connectivity index (χ4n) is 2.70. The maximum absolute atomic E-state index is 12.5. The number of benzene rings is 1. The molecule has 26 heavy (non-hydrogen) atoms. The van der Waals surface area contributed by atoms with Crippen molar-refractivity contribution in [2.24, 2.45) is 0 Å². The minimum atomic E-state index is -0.268. The minimum Gasteiger partial charge on any atom is -0.378 e. The molecule has 8 heteroatoms. The van der Waals surface area contributed by atoms with Crippen molar-refractivity contribution in [1.82, 2.24) is 14.8 Å². The SMILES string of the molecule is CC(C)n1cnnc1S[C@@H](C)C(=O)Nc1ccc(N2CCOCC2)cc1. The first kappa shape index (κ1) is 18.7. The summed E-state index contributed by atoms with van der Waals surface area (Å²) in [5.41, 5.74) is 1.95. The van der Waals surface area contributed by atoms with E-state index in [4.69, 9.17) is 4.74 Å². The van der Waals surface area contributed by atoms with Crippen LogP contribution in [0.15, 0.2) is 35.7 Å². The van der Waals surface area contributed by atoms with Gasteiger partial charge in [-0.05, 0) is 45.0 Å². The number of thioether (sulfide) groups is 1. The van der Waals surface area contributed by atoms with Crippen LogP contribution in [0.2, 0.25) is 0 Å². The molecule has 1 saturated heterocycles. The predicted molar refractivity (Wildman–Crippen MR) is 104 cm³/mol. The Morgan fingerprint density at radius 1 is 1.19 bits per heavy atom. The Morgan fingerprint density at radius 2 is 1.88 bits per heavy atom. The van der Waals surface area contributed by atoms with Crippen LogP contribution in [-0.4, -0.2) is 52.2 Å². The van der Waals surface area contributed by atoms with E-state index in [0.717, 1.165) is 42.8 Å². The molecule has 0 bridgehead atoms. The fourth-order valence-corrected chi connectivity index (χ4v) is 3.66. The van der Waals surface area contributed by atoms with Crippen LogP contribution in [-0.2, 0) is 9.53 Å². The van der Waals surface area contributed by atoms with E-state index < -0.39 is 0 Å². The van der Waals surface area contributed by atoms with E-state index in [1.807, 2.05) is 35.8 Å². The molecule has 7 nitrogen and oxygen atoms in total. The molecule has 1 amide bonds. The van der Waals surface area contributed by atoms with Gasteiger partial charge in [0.15, 0.2) is 5.16 Å². The lowest BCUT2D eigenvalue weighted by molar-refractivity contribution is -0.115. The van der Waals surface area contributed by atoms with Gasteiger partial charge in [-0.2, -0.15) is 0 Å². The highest BCUT2D eigenvalue weighted by Gasteiger charge is 2.19. The van der Waals surface area contributed by atoms with Gasteiger partial charge in [-0.1, -0.05) is 11.8 Å². The zero-order chi connectivity index (χ0) is 18.5. The van der Waals surface area contributed by atoms with Crippen molar-refractivity contribution < 1.29 is 9.53 Å². The molecule has 2 aromatic rings. The number of nitrogens with zero attached hydrogens (tertiary/aromatic N) is 4. The second kappa shape index (κ2) is 8.55. The first-order chi connectivity index (χ1) is 12.5. The number of hydrogen-bond donors (Lipinski definition) is 1. The molecule has 2 heterocycles. The molecule has 3 rings (SSSR count). The van der Waals surface area contributed by atoms with E-state index in [1.54, 1.807) is 6.33 Å². The number of carbonyl (C=O) groups is 1. The number of amides is 1. The van der Waals surface area contributed by atoms with Gasteiger partial charge in [-0.3, -0.25) is 4.79 Å². The van der Waals surface area contributed by atoms with Crippen LogP contribution in [0, 0.1) is 0 Å². The van der Waals surface area contributed by atoms with Crippen molar-refractivity contribution in [2.75, 3.05) is 36.5 Å². The number of hydrogen-bond acceptors (Lipinski definition) is 6. The van der Waals surface area contributed by atoms with Gasteiger partial charge in [-0.15, -0.1) is 10.2 Å². The van der Waals surface area contributed by atoms with E-state index in [0.29, 0.717) is 0 Å². The van der Waals surface area contributed by atoms with E-state index in [2.05, 4.69) is 34.3 Å². The molecule has 1 aliphatic rings. The third-order valence-corrected chi connectivity index (χ3v) is 5.33. The summed E-state index contributed by atoms with van der Waals surface area (Å²) in [5, 5.41) is 11.5. The summed E-state index contributed by atoms with van der Waals surface area (Å²) in [6, 6.07) is 8.21. The fraction of sp³-hybridized carbons (Fsp3) is 0.500. The number of carbonyl (C=O) groups excluding carboxylic acids is 1. The van der Waals surface area contributed by atoms with E-state index in [9.17, 15) is 4.79 Å². The highest BCUT2D eigenvalue weighted by molar-refractivity contribution is 8.00. The number of nitrogens with one attached hydrogen (secondary N) is 1. The Hall–Kier alpha value is -2.06. The molecule has 1 aromatic heterocycles. The molecule has 0 saturated carbocycles. The number of aromatic nitrogens is 3. The van der Waals surface area contributed by atoms with Crippen molar-refractivity contribution in [2.45, 2.75) is 37.2 Å². The Kier molecular flexibility index (Phi) is 6.16. The van der Waals surface area contributed by atoms with Crippen molar-refractivity contribution in [3.8, 4) is 0 Å². The molecule has 1 aromatic carbocycles. The zero-order valence-electron chi connectivity index (χ0n) is 15.4. The lowest BCUT2D eigenvalue weighted by Gasteiger charge is -2.28. The standard InChI is InChI=1S/C18H25N5O2S/c1-13(2)23-12-19-21-18(23)26-14(3)17(24)20-15-4-6-16(7-5-15)22-8-10-25-11-9-22/h4-7,12-14H,8-11H2,1-3H3,(H,20,24)/t14-/m0/s1. The normalized spacial score (nSPS) is 15.9. The minimum absolute atomic E-state index is 0.0487. The Balaban J connectivity index is 1.57. The largest absolute Gasteiger partial charge is 0.378 e. The summed E-state index contributed by atoms with van der Waals surface area (Å²) in [6.45, 7) is 9.32. The van der Waals surface area contributed by atoms with Crippen molar-refractivity contribution in [3.63, 3.8) is 0 Å². The van der Waals surface area contributed by atoms with Crippen LogP contribution in [0.1, 0.15) is 26.8 Å². The van der Waals surface area contributed by atoms with Gasteiger partial charge in [-0.25, -0.2) is 0 Å². The topological polar surface area (TPSA) is 72.3 Å². The van der Waals surface area contributed by atoms with E-state index in [1.165, 1.54) is 11.8 Å². The molecule has 140 valence electrons. The monoisotopic (exact) mass is 375 g/mol. The quantitative estimate of drug-likeness (QED) is 0.783. The van der Waals surface area contributed by atoms with Crippen LogP contribution in [0.5, 0.6) is 0 Å². The molecule has 1 fully saturated rings. The van der Waals surface area contributed by atoms with Gasteiger partial charge in [0.25, 0.3) is 0 Å².